The number of primary amides is 1. The monoisotopic (exact) mass is 1290 g/mol. The smallest absolute Gasteiger partial charge is 0.410 e. The second-order valence-electron chi connectivity index (χ2n) is 25.1. The molecule has 0 unspecified atom stereocenters. The molecule has 92 heavy (non-hydrogen) atoms. The van der Waals surface area contributed by atoms with Gasteiger partial charge >= 0.3 is 12.1 Å². The van der Waals surface area contributed by atoms with E-state index >= 15 is 0 Å². The van der Waals surface area contributed by atoms with Crippen molar-refractivity contribution in [2.75, 3.05) is 53.3 Å². The second-order valence-corrected chi connectivity index (χ2v) is 25.1. The topological polar surface area (TPSA) is 373 Å². The number of aliphatic hydroxyl groups is 1. The number of likely N-dealkylation sites (N-methyl/N-ethyl adjacent to an activating group) is 2. The first kappa shape index (κ1) is 76.7. The maximum atomic E-state index is 14.8. The molecule has 4 rings (SSSR count). The Bertz CT molecular complexity index is 2810. The first-order chi connectivity index (χ1) is 43.4. The summed E-state index contributed by atoms with van der Waals surface area (Å²) in [5, 5.41) is 27.3. The summed E-state index contributed by atoms with van der Waals surface area (Å²) in [5.74, 6) is -7.22. The number of benzene rings is 2. The summed E-state index contributed by atoms with van der Waals surface area (Å²) in [4.78, 5) is 154. The summed E-state index contributed by atoms with van der Waals surface area (Å²) < 4.78 is 17.7. The van der Waals surface area contributed by atoms with Gasteiger partial charge in [0.15, 0.2) is 0 Å². The number of methoxy groups -OCH3 is 2. The van der Waals surface area contributed by atoms with E-state index in [-0.39, 0.29) is 69.5 Å². The van der Waals surface area contributed by atoms with Crippen molar-refractivity contribution >= 4 is 71.0 Å². The molecule has 0 radical (unpaired) electrons. The number of nitrogens with zero attached hydrogens (tertiary/aromatic N) is 4. The summed E-state index contributed by atoms with van der Waals surface area (Å²) in [6, 6.07) is 6.90. The van der Waals surface area contributed by atoms with Crippen LogP contribution in [0.1, 0.15) is 138 Å². The minimum absolute atomic E-state index is 0.0193. The van der Waals surface area contributed by atoms with E-state index in [0.29, 0.717) is 42.6 Å². The number of anilines is 1. The lowest BCUT2D eigenvalue weighted by Gasteiger charge is -2.41. The molecule has 11 N–H and O–H groups in total. The molecule has 0 aromatic heterocycles. The molecule has 2 fully saturated rings. The van der Waals surface area contributed by atoms with E-state index in [4.69, 9.17) is 25.7 Å². The largest absolute Gasteiger partial charge is 0.445 e. The van der Waals surface area contributed by atoms with Crippen LogP contribution in [0.3, 0.4) is 0 Å². The third-order valence-corrected chi connectivity index (χ3v) is 17.4. The number of amides is 12. The summed E-state index contributed by atoms with van der Waals surface area (Å²) in [6.07, 6.45) is -1.38. The molecule has 0 saturated carbocycles. The molecule has 2 aliphatic heterocycles. The Labute approximate surface area is 541 Å². The quantitative estimate of drug-likeness (QED) is 0.0354. The molecule has 2 aromatic carbocycles. The number of hydrogen-bond donors (Lipinski definition) is 9. The maximum absolute atomic E-state index is 14.8. The predicted molar refractivity (Wildman–Crippen MR) is 343 cm³/mol. The fraction of sp³-hybridized carbons (Fsp3) is 0.646. The van der Waals surface area contributed by atoms with Crippen LogP contribution < -0.4 is 43.4 Å². The van der Waals surface area contributed by atoms with E-state index in [9.17, 15) is 57.8 Å². The average molecular weight is 1290 g/mol. The Morgan fingerprint density at radius 1 is 0.728 bits per heavy atom. The molecule has 13 atom stereocenters. The fourth-order valence-electron chi connectivity index (χ4n) is 12.0. The van der Waals surface area contributed by atoms with Gasteiger partial charge in [0.25, 0.3) is 0 Å². The normalized spacial score (nSPS) is 18.1. The van der Waals surface area contributed by atoms with E-state index in [2.05, 4.69) is 31.9 Å². The Morgan fingerprint density at radius 3 is 1.88 bits per heavy atom. The summed E-state index contributed by atoms with van der Waals surface area (Å²) in [7, 11) is 6.05. The number of likely N-dealkylation sites (tertiary alicyclic amines) is 2. The van der Waals surface area contributed by atoms with E-state index < -0.39 is 144 Å². The maximum Gasteiger partial charge on any atom is 0.410 e. The Kier molecular flexibility index (Phi) is 30.4. The van der Waals surface area contributed by atoms with Crippen molar-refractivity contribution in [3.8, 4) is 0 Å². The minimum Gasteiger partial charge on any atom is -0.445 e. The van der Waals surface area contributed by atoms with Crippen LogP contribution in [-0.2, 0) is 64.0 Å². The number of carbonyl (C=O) groups excluding carboxylic acids is 11. The Hall–Kier alpha value is -7.75. The molecule has 2 aromatic rings. The lowest BCUT2D eigenvalue weighted by molar-refractivity contribution is -0.148. The molecule has 512 valence electrons. The molecule has 12 amide bonds. The van der Waals surface area contributed by atoms with Gasteiger partial charge in [0.2, 0.25) is 53.2 Å². The first-order valence-corrected chi connectivity index (χ1v) is 31.9. The van der Waals surface area contributed by atoms with Crippen molar-refractivity contribution < 1.29 is 72.1 Å². The molecular formula is C65H102N12O15. The number of hydrogen-bond acceptors (Lipinski definition) is 16. The lowest BCUT2D eigenvalue weighted by Crippen LogP contribution is -2.60. The van der Waals surface area contributed by atoms with E-state index in [1.807, 2.05) is 32.0 Å². The summed E-state index contributed by atoms with van der Waals surface area (Å²) in [6.45, 7) is 17.7. The molecule has 27 nitrogen and oxygen atoms in total. The highest BCUT2D eigenvalue weighted by atomic mass is 16.6. The van der Waals surface area contributed by atoms with Gasteiger partial charge < -0.3 is 72.5 Å². The van der Waals surface area contributed by atoms with Gasteiger partial charge in [-0.3, -0.25) is 53.0 Å². The highest BCUT2D eigenvalue weighted by molar-refractivity contribution is 6.06. The van der Waals surface area contributed by atoms with Gasteiger partial charge in [0, 0.05) is 66.5 Å². The number of ether oxygens (including phenoxy) is 3. The van der Waals surface area contributed by atoms with Crippen LogP contribution in [0.15, 0.2) is 54.6 Å². The molecule has 0 spiro atoms. The Morgan fingerprint density at radius 2 is 1.34 bits per heavy atom. The summed E-state index contributed by atoms with van der Waals surface area (Å²) >= 11 is 0. The standard InChI is InChI=1S/C65H102N12O15/c1-15-39(8)55(48(90-13)33-51(80)76-32-20-24-46(76)57(91-14)40(9)58(82)69-41(10)56(81)43-21-17-16-18-22-43)74(11)63(87)53(37(4)5)73-62(86)54(38(6)7)75(12)65(89)92-35-42-25-27-44(28-26-42)70-59(83)45(23-19-31-68-64(67)88)71-61(85)52(36(2)3)72-60(84)47(34-66)77-49(78)29-30-50(77)79/h16-18,21-22,25-28,36-41,45-48,52-57,81H,15,19-20,23-24,29-35,66H2,1-14H3,(H,69,82)(H,70,83)(H,71,85)(H,72,84)(H,73,86)(H3,67,68,88)/t39-,40+,41+,45-,46-,47-,48+,52-,53-,54-,55-,56+,57+/m0/s1. The number of imide groups is 1. The van der Waals surface area contributed by atoms with Crippen molar-refractivity contribution in [3.63, 3.8) is 0 Å². The number of urea groups is 1. The Balaban J connectivity index is 1.41. The van der Waals surface area contributed by atoms with Crippen LogP contribution in [0.2, 0.25) is 0 Å². The van der Waals surface area contributed by atoms with Crippen molar-refractivity contribution in [1.29, 1.82) is 0 Å². The van der Waals surface area contributed by atoms with E-state index in [1.165, 1.54) is 21.3 Å². The van der Waals surface area contributed by atoms with E-state index in [0.717, 1.165) is 9.80 Å². The highest BCUT2D eigenvalue weighted by Crippen LogP contribution is 2.31. The second kappa shape index (κ2) is 36.5. The van der Waals surface area contributed by atoms with E-state index in [1.54, 1.807) is 109 Å². The van der Waals surface area contributed by atoms with Gasteiger partial charge in [-0.1, -0.05) is 111 Å². The molecule has 2 saturated heterocycles. The van der Waals surface area contributed by atoms with Gasteiger partial charge in [0.1, 0.15) is 36.8 Å². The SMILES string of the molecule is CC[C@H](C)[C@@H]([C@@H](CC(=O)N1CCC[C@H]1[C@H](OC)[C@@H](C)C(=O)N[C@H](C)[C@@H](O)c1ccccc1)OC)N(C)C(=O)[C@@H](NC(=O)[C@H](C(C)C)N(C)C(=O)OCc1ccc(NC(=O)[C@H](CCCNC(N)=O)NC(=O)[C@@H](NC(=O)[C@H](CN)N2C(=O)CCC2=O)C(C)C)cc1)C(C)C. The van der Waals surface area contributed by atoms with Gasteiger partial charge in [-0.2, -0.15) is 0 Å². The number of aliphatic hydroxyl groups excluding tert-OH is 1. The van der Waals surface area contributed by atoms with Crippen LogP contribution in [0.25, 0.3) is 0 Å². The van der Waals surface area contributed by atoms with Crippen LogP contribution in [0.5, 0.6) is 0 Å². The molecular weight excluding hydrogens is 1190 g/mol. The van der Waals surface area contributed by atoms with Crippen LogP contribution in [0.4, 0.5) is 15.3 Å². The van der Waals surface area contributed by atoms with Gasteiger partial charge in [-0.25, -0.2) is 9.59 Å². The van der Waals surface area contributed by atoms with Gasteiger partial charge in [-0.05, 0) is 79.5 Å². The van der Waals surface area contributed by atoms with Gasteiger partial charge in [0.05, 0.1) is 48.8 Å². The van der Waals surface area contributed by atoms with Crippen LogP contribution in [0, 0.1) is 29.6 Å². The zero-order chi connectivity index (χ0) is 68.8. The number of carbonyl (C=O) groups is 11. The van der Waals surface area contributed by atoms with Crippen LogP contribution >= 0.6 is 0 Å². The van der Waals surface area contributed by atoms with Crippen molar-refractivity contribution in [1.82, 2.24) is 46.2 Å². The van der Waals surface area contributed by atoms with Crippen molar-refractivity contribution in [2.24, 2.45) is 41.1 Å². The molecule has 2 heterocycles. The number of nitrogens with one attached hydrogen (secondary N) is 6. The van der Waals surface area contributed by atoms with Crippen molar-refractivity contribution in [2.45, 2.75) is 194 Å². The first-order valence-electron chi connectivity index (χ1n) is 31.9. The fourth-order valence-corrected chi connectivity index (χ4v) is 12.0. The van der Waals surface area contributed by atoms with Crippen molar-refractivity contribution in [3.05, 3.63) is 65.7 Å². The average Bonchev–Trinajstić information content (AvgIpc) is 1.42. The zero-order valence-corrected chi connectivity index (χ0v) is 56.0. The minimum atomic E-state index is -1.35. The lowest BCUT2D eigenvalue weighted by atomic mass is 9.89. The predicted octanol–water partition coefficient (Wildman–Crippen LogP) is 3.07. The molecule has 2 aliphatic rings. The third-order valence-electron chi connectivity index (χ3n) is 17.4. The number of nitrogens with two attached hydrogens (primary N) is 2. The number of rotatable bonds is 35. The summed E-state index contributed by atoms with van der Waals surface area (Å²) in [5.41, 5.74) is 12.5. The van der Waals surface area contributed by atoms with Crippen LogP contribution in [-0.4, -0.2) is 198 Å². The van der Waals surface area contributed by atoms with Gasteiger partial charge in [-0.15, -0.1) is 0 Å². The molecule has 27 heteroatoms. The highest BCUT2D eigenvalue weighted by Gasteiger charge is 2.45. The third kappa shape index (κ3) is 20.9. The zero-order valence-electron chi connectivity index (χ0n) is 56.0. The molecule has 0 aliphatic carbocycles. The molecule has 0 bridgehead atoms.